The van der Waals surface area contributed by atoms with Crippen LogP contribution in [0, 0.1) is 0 Å². The van der Waals surface area contributed by atoms with E-state index in [1.54, 1.807) is 43.3 Å². The number of benzene rings is 3. The predicted octanol–water partition coefficient (Wildman–Crippen LogP) is 5.60. The standard InChI is InChI=1S/C27H27ClN2O6/c1-2-34-27(33)36-22-15-11-20(12-16-22)26(32)29-18-19-9-13-21(14-10-19)30-25(31)8-5-17-35-24-7-4-3-6-23(24)28/h3-4,6-7,9-16H,2,5,8,17-18H2,1H3,(H,29,32)(H,30,31). The van der Waals surface area contributed by atoms with E-state index in [0.29, 0.717) is 48.0 Å². The molecule has 0 aliphatic rings. The molecular weight excluding hydrogens is 484 g/mol. The van der Waals surface area contributed by atoms with E-state index in [0.717, 1.165) is 5.56 Å². The van der Waals surface area contributed by atoms with Crippen molar-refractivity contribution in [2.75, 3.05) is 18.5 Å². The van der Waals surface area contributed by atoms with E-state index in [4.69, 9.17) is 25.8 Å². The highest BCUT2D eigenvalue weighted by Gasteiger charge is 2.09. The fraction of sp³-hybridized carbons (Fsp3) is 0.222. The Balaban J connectivity index is 1.38. The topological polar surface area (TPSA) is 103 Å². The summed E-state index contributed by atoms with van der Waals surface area (Å²) in [5, 5.41) is 6.21. The van der Waals surface area contributed by atoms with Crippen LogP contribution in [0.1, 0.15) is 35.7 Å². The van der Waals surface area contributed by atoms with Crippen molar-refractivity contribution in [2.24, 2.45) is 0 Å². The van der Waals surface area contributed by atoms with Gasteiger partial charge in [-0.2, -0.15) is 0 Å². The number of anilines is 1. The second-order valence-electron chi connectivity index (χ2n) is 7.62. The van der Waals surface area contributed by atoms with Crippen molar-refractivity contribution in [3.63, 3.8) is 0 Å². The Bertz CT molecular complexity index is 1170. The molecule has 0 fully saturated rings. The molecule has 0 atom stereocenters. The zero-order valence-corrected chi connectivity index (χ0v) is 20.5. The minimum absolute atomic E-state index is 0.116. The van der Waals surface area contributed by atoms with Crippen molar-refractivity contribution in [2.45, 2.75) is 26.3 Å². The Morgan fingerprint density at radius 3 is 2.33 bits per heavy atom. The van der Waals surface area contributed by atoms with Crippen molar-refractivity contribution in [1.29, 1.82) is 0 Å². The summed E-state index contributed by atoms with van der Waals surface area (Å²) >= 11 is 6.04. The summed E-state index contributed by atoms with van der Waals surface area (Å²) in [7, 11) is 0. The first-order valence-corrected chi connectivity index (χ1v) is 11.8. The molecule has 0 heterocycles. The van der Waals surface area contributed by atoms with Gasteiger partial charge < -0.3 is 24.8 Å². The lowest BCUT2D eigenvalue weighted by Gasteiger charge is -2.09. The lowest BCUT2D eigenvalue weighted by molar-refractivity contribution is -0.116. The molecule has 3 aromatic rings. The molecule has 0 aliphatic carbocycles. The van der Waals surface area contributed by atoms with Gasteiger partial charge in [0.15, 0.2) is 0 Å². The molecule has 2 N–H and O–H groups in total. The largest absolute Gasteiger partial charge is 0.513 e. The summed E-state index contributed by atoms with van der Waals surface area (Å²) < 4.78 is 15.3. The van der Waals surface area contributed by atoms with E-state index < -0.39 is 6.16 Å². The molecule has 188 valence electrons. The van der Waals surface area contributed by atoms with Crippen LogP contribution < -0.4 is 20.1 Å². The number of para-hydroxylation sites is 1. The van der Waals surface area contributed by atoms with Crippen LogP contribution in [-0.2, 0) is 16.1 Å². The van der Waals surface area contributed by atoms with Gasteiger partial charge >= 0.3 is 6.16 Å². The Kier molecular flexibility index (Phi) is 10.1. The van der Waals surface area contributed by atoms with Crippen molar-refractivity contribution in [1.82, 2.24) is 5.32 Å². The van der Waals surface area contributed by atoms with Gasteiger partial charge in [0, 0.05) is 24.2 Å². The van der Waals surface area contributed by atoms with E-state index >= 15 is 0 Å². The molecule has 0 aromatic heterocycles. The zero-order valence-electron chi connectivity index (χ0n) is 19.8. The summed E-state index contributed by atoms with van der Waals surface area (Å²) in [5.41, 5.74) is 1.96. The van der Waals surface area contributed by atoms with Crippen molar-refractivity contribution in [3.8, 4) is 11.5 Å². The Hall–Kier alpha value is -4.04. The van der Waals surface area contributed by atoms with Crippen molar-refractivity contribution < 1.29 is 28.6 Å². The molecule has 0 radical (unpaired) electrons. The number of ether oxygens (including phenoxy) is 3. The lowest BCUT2D eigenvalue weighted by atomic mass is 10.1. The number of hydrogen-bond acceptors (Lipinski definition) is 6. The molecule has 0 bridgehead atoms. The molecule has 0 saturated heterocycles. The minimum Gasteiger partial charge on any atom is -0.492 e. The van der Waals surface area contributed by atoms with Gasteiger partial charge in [-0.3, -0.25) is 9.59 Å². The summed E-state index contributed by atoms with van der Waals surface area (Å²) in [6.45, 7) is 2.60. The maximum absolute atomic E-state index is 12.4. The summed E-state index contributed by atoms with van der Waals surface area (Å²) in [4.78, 5) is 35.9. The quantitative estimate of drug-likeness (QED) is 0.198. The van der Waals surface area contributed by atoms with Crippen LogP contribution >= 0.6 is 11.6 Å². The smallest absolute Gasteiger partial charge is 0.492 e. The van der Waals surface area contributed by atoms with E-state index in [1.807, 2.05) is 24.3 Å². The van der Waals surface area contributed by atoms with Crippen molar-refractivity contribution >= 4 is 35.3 Å². The second kappa shape index (κ2) is 13.7. The Morgan fingerprint density at radius 1 is 0.917 bits per heavy atom. The third-order valence-electron chi connectivity index (χ3n) is 4.91. The van der Waals surface area contributed by atoms with Crippen LogP contribution in [0.15, 0.2) is 72.8 Å². The summed E-state index contributed by atoms with van der Waals surface area (Å²) in [6.07, 6.45) is 0.0694. The lowest BCUT2D eigenvalue weighted by Crippen LogP contribution is -2.22. The first-order chi connectivity index (χ1) is 17.4. The SMILES string of the molecule is CCOC(=O)Oc1ccc(C(=O)NCc2ccc(NC(=O)CCCOc3ccccc3Cl)cc2)cc1. The molecule has 3 aromatic carbocycles. The average molecular weight is 511 g/mol. The highest BCUT2D eigenvalue weighted by Crippen LogP contribution is 2.23. The first kappa shape index (κ1) is 26.6. The average Bonchev–Trinajstić information content (AvgIpc) is 2.87. The van der Waals surface area contributed by atoms with Crippen LogP contribution in [0.4, 0.5) is 10.5 Å². The maximum atomic E-state index is 12.4. The number of hydrogen-bond donors (Lipinski definition) is 2. The van der Waals surface area contributed by atoms with E-state index in [-0.39, 0.29) is 24.2 Å². The molecule has 8 nitrogen and oxygen atoms in total. The van der Waals surface area contributed by atoms with Gasteiger partial charge in [0.05, 0.1) is 18.2 Å². The van der Waals surface area contributed by atoms with Gasteiger partial charge in [0.1, 0.15) is 11.5 Å². The molecule has 0 spiro atoms. The number of halogens is 1. The van der Waals surface area contributed by atoms with Crippen LogP contribution in [0.25, 0.3) is 0 Å². The molecule has 36 heavy (non-hydrogen) atoms. The predicted molar refractivity (Wildman–Crippen MR) is 137 cm³/mol. The summed E-state index contributed by atoms with van der Waals surface area (Å²) in [6, 6.07) is 20.6. The number of carbonyl (C=O) groups excluding carboxylic acids is 3. The van der Waals surface area contributed by atoms with Gasteiger partial charge in [-0.15, -0.1) is 0 Å². The number of carbonyl (C=O) groups is 3. The normalized spacial score (nSPS) is 10.3. The molecule has 3 rings (SSSR count). The van der Waals surface area contributed by atoms with Crippen LogP contribution in [0.3, 0.4) is 0 Å². The third kappa shape index (κ3) is 8.63. The first-order valence-electron chi connectivity index (χ1n) is 11.4. The fourth-order valence-corrected chi connectivity index (χ4v) is 3.30. The van der Waals surface area contributed by atoms with E-state index in [9.17, 15) is 14.4 Å². The Morgan fingerprint density at radius 2 is 1.64 bits per heavy atom. The molecule has 9 heteroatoms. The molecule has 0 unspecified atom stereocenters. The van der Waals surface area contributed by atoms with Crippen molar-refractivity contribution in [3.05, 3.63) is 88.9 Å². The van der Waals surface area contributed by atoms with Crippen LogP contribution in [0.2, 0.25) is 5.02 Å². The Labute approximate surface area is 214 Å². The maximum Gasteiger partial charge on any atom is 0.513 e. The third-order valence-corrected chi connectivity index (χ3v) is 5.23. The fourth-order valence-electron chi connectivity index (χ4n) is 3.11. The zero-order chi connectivity index (χ0) is 25.8. The molecular formula is C27H27ClN2O6. The highest BCUT2D eigenvalue weighted by molar-refractivity contribution is 6.32. The second-order valence-corrected chi connectivity index (χ2v) is 8.03. The van der Waals surface area contributed by atoms with Gasteiger partial charge in [-0.1, -0.05) is 35.9 Å². The van der Waals surface area contributed by atoms with Gasteiger partial charge in [-0.05, 0) is 67.4 Å². The van der Waals surface area contributed by atoms with Gasteiger partial charge in [0.25, 0.3) is 5.91 Å². The highest BCUT2D eigenvalue weighted by atomic mass is 35.5. The van der Waals surface area contributed by atoms with Gasteiger partial charge in [-0.25, -0.2) is 4.79 Å². The molecule has 2 amide bonds. The van der Waals surface area contributed by atoms with E-state index in [1.165, 1.54) is 12.1 Å². The number of rotatable bonds is 11. The monoisotopic (exact) mass is 510 g/mol. The van der Waals surface area contributed by atoms with Crippen LogP contribution in [0.5, 0.6) is 11.5 Å². The number of nitrogens with one attached hydrogen (secondary N) is 2. The number of amides is 2. The minimum atomic E-state index is -0.795. The van der Waals surface area contributed by atoms with E-state index in [2.05, 4.69) is 10.6 Å². The van der Waals surface area contributed by atoms with Gasteiger partial charge in [0.2, 0.25) is 5.91 Å². The molecule has 0 saturated carbocycles. The van der Waals surface area contributed by atoms with Crippen LogP contribution in [-0.4, -0.2) is 31.2 Å². The molecule has 0 aliphatic heterocycles. The summed E-state index contributed by atoms with van der Waals surface area (Å²) in [5.74, 6) is 0.501.